The van der Waals surface area contributed by atoms with E-state index < -0.39 is 26.9 Å². The number of pyridine rings is 1. The van der Waals surface area contributed by atoms with Crippen LogP contribution in [0.25, 0.3) is 33.4 Å². The van der Waals surface area contributed by atoms with Gasteiger partial charge in [-0.3, -0.25) is 4.79 Å². The fraction of sp³-hybridized carbons (Fsp3) is 0.105. The lowest BCUT2D eigenvalue weighted by atomic mass is 10.2. The number of alkyl halides is 3. The molecule has 0 bridgehead atoms. The van der Waals surface area contributed by atoms with E-state index in [2.05, 4.69) is 24.1 Å². The predicted molar refractivity (Wildman–Crippen MR) is 117 cm³/mol. The zero-order valence-electron chi connectivity index (χ0n) is 16.9. The van der Waals surface area contributed by atoms with Crippen molar-refractivity contribution in [2.24, 2.45) is 0 Å². The van der Waals surface area contributed by atoms with Crippen LogP contribution >= 0.6 is 11.8 Å². The topological polar surface area (TPSA) is 121 Å². The van der Waals surface area contributed by atoms with Crippen molar-refractivity contribution in [1.82, 2.24) is 29.1 Å². The first-order chi connectivity index (χ1) is 16.1. The van der Waals surface area contributed by atoms with Crippen LogP contribution in [0.4, 0.5) is 13.2 Å². The van der Waals surface area contributed by atoms with Gasteiger partial charge in [-0.1, -0.05) is 23.9 Å². The van der Waals surface area contributed by atoms with E-state index in [0.717, 1.165) is 10.6 Å². The molecule has 0 aliphatic rings. The molecular formula is C19H11F3N6O4S2. The van der Waals surface area contributed by atoms with Crippen LogP contribution in [0.3, 0.4) is 0 Å². The van der Waals surface area contributed by atoms with E-state index >= 15 is 0 Å². The lowest BCUT2D eigenvalue weighted by Gasteiger charge is -2.10. The van der Waals surface area contributed by atoms with Gasteiger partial charge in [0.1, 0.15) is 5.39 Å². The molecule has 1 aromatic carbocycles. The average Bonchev–Trinajstić information content (AvgIpc) is 3.14. The second kappa shape index (κ2) is 7.66. The Bertz CT molecular complexity index is 1750. The maximum atomic E-state index is 13.5. The summed E-state index contributed by atoms with van der Waals surface area (Å²) in [6.07, 6.45) is 4.46. The van der Waals surface area contributed by atoms with Crippen LogP contribution in [0.1, 0.15) is 0 Å². The van der Waals surface area contributed by atoms with Crippen LogP contribution in [-0.2, 0) is 10.1 Å². The van der Waals surface area contributed by atoms with E-state index in [9.17, 15) is 26.4 Å². The van der Waals surface area contributed by atoms with Gasteiger partial charge in [-0.25, -0.2) is 24.6 Å². The molecule has 0 aliphatic heterocycles. The number of hydrogen-bond donors (Lipinski definition) is 0. The molecule has 0 saturated heterocycles. The molecular weight excluding hydrogens is 497 g/mol. The number of fused-ring (bicyclic) bond motifs is 4. The minimum atomic E-state index is -6.00. The minimum absolute atomic E-state index is 0.0158. The van der Waals surface area contributed by atoms with E-state index in [1.807, 2.05) is 0 Å². The van der Waals surface area contributed by atoms with Gasteiger partial charge in [-0.05, 0) is 30.5 Å². The fourth-order valence-corrected chi connectivity index (χ4v) is 4.17. The highest BCUT2D eigenvalue weighted by Crippen LogP contribution is 2.35. The molecule has 0 amide bonds. The number of halogens is 3. The molecule has 5 aromatic rings. The number of benzene rings is 1. The van der Waals surface area contributed by atoms with E-state index in [-0.39, 0.29) is 33.4 Å². The first-order valence-electron chi connectivity index (χ1n) is 9.32. The summed E-state index contributed by atoms with van der Waals surface area (Å²) >= 11 is 1.20. The number of hydrogen-bond acceptors (Lipinski definition) is 9. The van der Waals surface area contributed by atoms with Crippen molar-refractivity contribution in [3.05, 3.63) is 59.1 Å². The normalized spacial score (nSPS) is 12.6. The van der Waals surface area contributed by atoms with Crippen LogP contribution in [0.2, 0.25) is 0 Å². The molecule has 0 aliphatic carbocycles. The Morgan fingerprint density at radius 1 is 1.06 bits per heavy atom. The maximum Gasteiger partial charge on any atom is 0.534 e. The smallest absolute Gasteiger partial charge is 0.375 e. The van der Waals surface area contributed by atoms with E-state index in [1.54, 1.807) is 24.5 Å². The highest BCUT2D eigenvalue weighted by molar-refractivity contribution is 7.98. The summed E-state index contributed by atoms with van der Waals surface area (Å²) in [7, 11) is -6.00. The molecule has 5 rings (SSSR count). The average molecular weight is 508 g/mol. The van der Waals surface area contributed by atoms with E-state index in [1.165, 1.54) is 41.0 Å². The summed E-state index contributed by atoms with van der Waals surface area (Å²) < 4.78 is 69.5. The lowest BCUT2D eigenvalue weighted by molar-refractivity contribution is -0.0499. The summed E-state index contributed by atoms with van der Waals surface area (Å²) in [6, 6.07) is 8.63. The quantitative estimate of drug-likeness (QED) is 0.156. The van der Waals surface area contributed by atoms with Crippen LogP contribution in [0.15, 0.2) is 58.7 Å². The predicted octanol–water partition coefficient (Wildman–Crippen LogP) is 2.93. The second-order valence-corrected chi connectivity index (χ2v) is 9.09. The molecule has 10 nitrogen and oxygen atoms in total. The Morgan fingerprint density at radius 2 is 1.85 bits per heavy atom. The Kier molecular flexibility index (Phi) is 4.98. The molecule has 4 aromatic heterocycles. The molecule has 0 saturated carbocycles. The maximum absolute atomic E-state index is 13.5. The second-order valence-electron chi connectivity index (χ2n) is 6.78. The molecule has 0 N–H and O–H groups in total. The van der Waals surface area contributed by atoms with Crippen molar-refractivity contribution in [3.63, 3.8) is 0 Å². The molecule has 0 spiro atoms. The van der Waals surface area contributed by atoms with Gasteiger partial charge in [0.15, 0.2) is 28.0 Å². The van der Waals surface area contributed by atoms with Crippen molar-refractivity contribution in [2.75, 3.05) is 6.26 Å². The Hall–Kier alpha value is -3.72. The summed E-state index contributed by atoms with van der Waals surface area (Å²) in [5.74, 6) is -0.435. The monoisotopic (exact) mass is 508 g/mol. The van der Waals surface area contributed by atoms with Gasteiger partial charge in [0, 0.05) is 12.4 Å². The van der Waals surface area contributed by atoms with Crippen molar-refractivity contribution >= 4 is 49.5 Å². The molecule has 0 unspecified atom stereocenters. The van der Waals surface area contributed by atoms with Gasteiger partial charge < -0.3 is 4.18 Å². The van der Waals surface area contributed by atoms with Gasteiger partial charge in [-0.15, -0.1) is 0 Å². The van der Waals surface area contributed by atoms with Crippen molar-refractivity contribution in [1.29, 1.82) is 0 Å². The van der Waals surface area contributed by atoms with Gasteiger partial charge in [0.2, 0.25) is 0 Å². The highest BCUT2D eigenvalue weighted by atomic mass is 32.2. The number of nitrogens with zero attached hydrogens (tertiary/aromatic N) is 6. The Labute approximate surface area is 192 Å². The van der Waals surface area contributed by atoms with Gasteiger partial charge >= 0.3 is 15.6 Å². The van der Waals surface area contributed by atoms with Gasteiger partial charge in [0.05, 0.1) is 10.9 Å². The lowest BCUT2D eigenvalue weighted by Crippen LogP contribution is -2.28. The van der Waals surface area contributed by atoms with E-state index in [4.69, 9.17) is 0 Å². The van der Waals surface area contributed by atoms with Gasteiger partial charge in [0.25, 0.3) is 5.56 Å². The van der Waals surface area contributed by atoms with Crippen LogP contribution in [0, 0.1) is 0 Å². The first kappa shape index (κ1) is 22.1. The van der Waals surface area contributed by atoms with Crippen molar-refractivity contribution in [3.8, 4) is 11.6 Å². The third-order valence-electron chi connectivity index (χ3n) is 4.77. The minimum Gasteiger partial charge on any atom is -0.375 e. The molecule has 174 valence electrons. The standard InChI is InChI=1S/C19H11F3N6O4S2/c1-33-18-24-9-10-15(26-18)25-16-14-11(5-4-6-12(14)32-34(30,31)19(20,21)22)27(28(16)17(10)29)13-7-2-3-8-23-13/h2-9H,1H3. The number of aromatic nitrogens is 6. The zero-order valence-corrected chi connectivity index (χ0v) is 18.5. The van der Waals surface area contributed by atoms with Crippen LogP contribution < -0.4 is 9.74 Å². The SMILES string of the molecule is CSc1ncc2c(=O)n3c(nc2n1)c1c(OS(=O)(=O)C(F)(F)F)cccc1n3-c1ccccn1. The molecule has 34 heavy (non-hydrogen) atoms. The third-order valence-corrected chi connectivity index (χ3v) is 6.30. The first-order valence-corrected chi connectivity index (χ1v) is 11.9. The molecule has 0 atom stereocenters. The summed E-state index contributed by atoms with van der Waals surface area (Å²) in [4.78, 5) is 30.3. The largest absolute Gasteiger partial charge is 0.534 e. The van der Waals surface area contributed by atoms with E-state index in [0.29, 0.717) is 5.16 Å². The number of rotatable bonds is 4. The van der Waals surface area contributed by atoms with Crippen molar-refractivity contribution in [2.45, 2.75) is 10.7 Å². The van der Waals surface area contributed by atoms with Crippen LogP contribution in [-0.4, -0.2) is 49.3 Å². The third kappa shape index (κ3) is 3.35. The Morgan fingerprint density at radius 3 is 2.53 bits per heavy atom. The van der Waals surface area contributed by atoms with Crippen molar-refractivity contribution < 1.29 is 25.8 Å². The molecule has 15 heteroatoms. The molecule has 0 radical (unpaired) electrons. The zero-order chi connectivity index (χ0) is 24.3. The summed E-state index contributed by atoms with van der Waals surface area (Å²) in [5.41, 5.74) is -6.35. The fourth-order valence-electron chi connectivity index (χ4n) is 3.37. The Balaban J connectivity index is 1.96. The van der Waals surface area contributed by atoms with Gasteiger partial charge in [-0.2, -0.15) is 26.1 Å². The highest BCUT2D eigenvalue weighted by Gasteiger charge is 2.49. The van der Waals surface area contributed by atoms with Crippen LogP contribution in [0.5, 0.6) is 5.75 Å². The number of thioether (sulfide) groups is 1. The molecule has 4 heterocycles. The summed E-state index contributed by atoms with van der Waals surface area (Å²) in [6.45, 7) is 0. The molecule has 0 fully saturated rings. The summed E-state index contributed by atoms with van der Waals surface area (Å²) in [5, 5.41) is 0.207.